The van der Waals surface area contributed by atoms with Gasteiger partial charge in [-0.2, -0.15) is 18.2 Å². The lowest BCUT2D eigenvalue weighted by molar-refractivity contribution is -0.137. The summed E-state index contributed by atoms with van der Waals surface area (Å²) in [5.41, 5.74) is -0.132. The van der Waals surface area contributed by atoms with Crippen LogP contribution >= 0.6 is 0 Å². The molecule has 3 aromatic rings. The predicted molar refractivity (Wildman–Crippen MR) is 93.9 cm³/mol. The number of aromatic hydroxyl groups is 2. The molecule has 0 fully saturated rings. The van der Waals surface area contributed by atoms with E-state index < -0.39 is 11.7 Å². The number of benzene rings is 2. The third-order valence-corrected chi connectivity index (χ3v) is 3.89. The van der Waals surface area contributed by atoms with Crippen molar-refractivity contribution in [2.75, 3.05) is 5.32 Å². The topological polar surface area (TPSA) is 99.9 Å². The van der Waals surface area contributed by atoms with Crippen LogP contribution in [0.1, 0.15) is 11.1 Å². The van der Waals surface area contributed by atoms with E-state index in [2.05, 4.69) is 20.3 Å². The number of fused-ring (bicyclic) bond motifs is 2. The fraction of sp³-hybridized carbons (Fsp3) is 0.0556. The highest BCUT2D eigenvalue weighted by molar-refractivity contribution is 5.90. The number of aliphatic imine (C=N–C) groups is 1. The van der Waals surface area contributed by atoms with Crippen molar-refractivity contribution in [1.82, 2.24) is 9.97 Å². The first-order valence-electron chi connectivity index (χ1n) is 7.88. The molecule has 0 spiro atoms. The molecule has 4 rings (SSSR count). The Morgan fingerprint density at radius 3 is 2.57 bits per heavy atom. The van der Waals surface area contributed by atoms with Gasteiger partial charge in [0.05, 0.1) is 5.56 Å². The molecule has 7 nitrogen and oxygen atoms in total. The van der Waals surface area contributed by atoms with Gasteiger partial charge < -0.3 is 20.3 Å². The second-order valence-corrected chi connectivity index (χ2v) is 5.82. The van der Waals surface area contributed by atoms with Gasteiger partial charge in [0.25, 0.3) is 5.88 Å². The number of ether oxygens (including phenoxy) is 1. The number of aromatic nitrogens is 2. The van der Waals surface area contributed by atoms with E-state index in [1.165, 1.54) is 30.5 Å². The normalized spacial score (nSPS) is 12.5. The van der Waals surface area contributed by atoms with Gasteiger partial charge in [-0.3, -0.25) is 0 Å². The van der Waals surface area contributed by atoms with Gasteiger partial charge in [0, 0.05) is 23.5 Å². The summed E-state index contributed by atoms with van der Waals surface area (Å²) in [4.78, 5) is 12.2. The van der Waals surface area contributed by atoms with E-state index in [1.807, 2.05) is 0 Å². The summed E-state index contributed by atoms with van der Waals surface area (Å²) < 4.78 is 44.4. The van der Waals surface area contributed by atoms with Gasteiger partial charge in [-0.25, -0.2) is 9.98 Å². The number of alkyl halides is 3. The Bertz CT molecular complexity index is 1100. The molecule has 10 heteroatoms. The van der Waals surface area contributed by atoms with E-state index in [0.29, 0.717) is 5.56 Å². The summed E-state index contributed by atoms with van der Waals surface area (Å²) in [7, 11) is 0. The lowest BCUT2D eigenvalue weighted by Gasteiger charge is -2.12. The summed E-state index contributed by atoms with van der Waals surface area (Å²) in [5, 5.41) is 22.0. The molecule has 1 aliphatic heterocycles. The van der Waals surface area contributed by atoms with Crippen LogP contribution in [0.3, 0.4) is 0 Å². The lowest BCUT2D eigenvalue weighted by atomic mass is 10.2. The summed E-state index contributed by atoms with van der Waals surface area (Å²) in [6, 6.07) is 7.09. The van der Waals surface area contributed by atoms with Crippen molar-refractivity contribution in [3.05, 3.63) is 53.9 Å². The molecule has 28 heavy (non-hydrogen) atoms. The highest BCUT2D eigenvalue weighted by atomic mass is 19.4. The molecule has 0 radical (unpaired) electrons. The first-order chi connectivity index (χ1) is 13.3. The average Bonchev–Trinajstić information content (AvgIpc) is 2.81. The molecule has 3 N–H and O–H groups in total. The predicted octanol–water partition coefficient (Wildman–Crippen LogP) is 4.51. The molecule has 0 atom stereocenters. The van der Waals surface area contributed by atoms with Crippen molar-refractivity contribution in [2.45, 2.75) is 6.18 Å². The molecule has 2 aromatic carbocycles. The number of hydrogen-bond donors (Lipinski definition) is 3. The van der Waals surface area contributed by atoms with Crippen LogP contribution in [-0.2, 0) is 6.18 Å². The molecular weight excluding hydrogens is 377 g/mol. The molecule has 0 bridgehead atoms. The molecule has 0 aliphatic carbocycles. The fourth-order valence-electron chi connectivity index (χ4n) is 2.56. The van der Waals surface area contributed by atoms with E-state index in [-0.39, 0.29) is 40.3 Å². The Hall–Kier alpha value is -3.82. The van der Waals surface area contributed by atoms with Crippen LogP contribution < -0.4 is 10.1 Å². The van der Waals surface area contributed by atoms with Crippen LogP contribution in [-0.4, -0.2) is 26.4 Å². The number of anilines is 2. The maximum Gasteiger partial charge on any atom is 0.416 e. The zero-order valence-corrected chi connectivity index (χ0v) is 13.9. The Balaban J connectivity index is 1.72. The molecule has 0 amide bonds. The lowest BCUT2D eigenvalue weighted by Crippen LogP contribution is -2.05. The highest BCUT2D eigenvalue weighted by Crippen LogP contribution is 2.42. The maximum atomic E-state index is 12.9. The van der Waals surface area contributed by atoms with Crippen molar-refractivity contribution in [3.63, 3.8) is 0 Å². The Labute approximate surface area is 155 Å². The first kappa shape index (κ1) is 17.6. The third kappa shape index (κ3) is 3.27. The zero-order valence-electron chi connectivity index (χ0n) is 13.9. The summed E-state index contributed by atoms with van der Waals surface area (Å²) in [5.74, 6) is -0.381. The molecule has 0 saturated heterocycles. The van der Waals surface area contributed by atoms with Crippen LogP contribution in [0.5, 0.6) is 23.1 Å². The van der Waals surface area contributed by atoms with Crippen molar-refractivity contribution in [3.8, 4) is 23.1 Å². The fourth-order valence-corrected chi connectivity index (χ4v) is 2.56. The van der Waals surface area contributed by atoms with Crippen molar-refractivity contribution >= 4 is 23.4 Å². The number of nitrogens with one attached hydrogen (secondary N) is 1. The molecule has 142 valence electrons. The molecule has 1 aromatic heterocycles. The number of hydrogen-bond acceptors (Lipinski definition) is 7. The van der Waals surface area contributed by atoms with E-state index in [0.717, 1.165) is 18.5 Å². The third-order valence-electron chi connectivity index (χ3n) is 3.89. The second-order valence-electron chi connectivity index (χ2n) is 5.82. The second kappa shape index (κ2) is 6.41. The summed E-state index contributed by atoms with van der Waals surface area (Å²) in [6.07, 6.45) is -1.95. The van der Waals surface area contributed by atoms with E-state index in [4.69, 9.17) is 4.74 Å². The highest BCUT2D eigenvalue weighted by Gasteiger charge is 2.30. The van der Waals surface area contributed by atoms with Crippen molar-refractivity contribution in [2.24, 2.45) is 4.99 Å². The smallest absolute Gasteiger partial charge is 0.416 e. The zero-order chi connectivity index (χ0) is 19.9. The van der Waals surface area contributed by atoms with Gasteiger partial charge in [-0.1, -0.05) is 6.07 Å². The van der Waals surface area contributed by atoms with Gasteiger partial charge in [0.2, 0.25) is 0 Å². The number of halogens is 3. The minimum atomic E-state index is -4.48. The number of rotatable bonds is 2. The van der Waals surface area contributed by atoms with Gasteiger partial charge >= 0.3 is 6.18 Å². The molecular formula is C18H11F3N4O3. The largest absolute Gasteiger partial charge is 0.504 e. The maximum absolute atomic E-state index is 12.9. The summed E-state index contributed by atoms with van der Waals surface area (Å²) >= 11 is 0. The van der Waals surface area contributed by atoms with Crippen molar-refractivity contribution < 1.29 is 28.1 Å². The quantitative estimate of drug-likeness (QED) is 0.437. The van der Waals surface area contributed by atoms with Gasteiger partial charge in [0.1, 0.15) is 12.1 Å². The van der Waals surface area contributed by atoms with E-state index in [1.54, 1.807) is 0 Å². The monoisotopic (exact) mass is 388 g/mol. The molecule has 2 heterocycles. The van der Waals surface area contributed by atoms with Crippen molar-refractivity contribution in [1.29, 1.82) is 0 Å². The minimum absolute atomic E-state index is 0.0320. The standard InChI is InChI=1S/C18H11F3N4O3/c19-18(20,21)10-2-1-3-11(5-10)25-16-15-17(24-8-23-16)28-14-6-13(27)12(26)4-9(14)7-22-15/h1-8,26-27H,(H,23,24,25). The Morgan fingerprint density at radius 2 is 1.79 bits per heavy atom. The molecule has 1 aliphatic rings. The van der Waals surface area contributed by atoms with Crippen LogP contribution in [0.2, 0.25) is 0 Å². The minimum Gasteiger partial charge on any atom is -0.504 e. The van der Waals surface area contributed by atoms with Crippen LogP contribution in [0.25, 0.3) is 0 Å². The van der Waals surface area contributed by atoms with Crippen LogP contribution in [0, 0.1) is 0 Å². The number of phenols is 2. The van der Waals surface area contributed by atoms with Crippen LogP contribution in [0.15, 0.2) is 47.7 Å². The number of nitrogens with zero attached hydrogens (tertiary/aromatic N) is 3. The SMILES string of the molecule is Oc1cc2c(cc1O)Oc1ncnc(Nc3cccc(C(F)(F)F)c3)c1N=C2. The first-order valence-corrected chi connectivity index (χ1v) is 7.88. The van der Waals surface area contributed by atoms with Gasteiger partial charge in [-0.05, 0) is 24.3 Å². The Kier molecular flexibility index (Phi) is 4.03. The van der Waals surface area contributed by atoms with Crippen LogP contribution in [0.4, 0.5) is 30.4 Å². The van der Waals surface area contributed by atoms with E-state index in [9.17, 15) is 23.4 Å². The molecule has 0 unspecified atom stereocenters. The number of phenolic OH excluding ortho intramolecular Hbond substituents is 2. The van der Waals surface area contributed by atoms with E-state index >= 15 is 0 Å². The van der Waals surface area contributed by atoms with Gasteiger partial charge in [-0.15, -0.1) is 0 Å². The van der Waals surface area contributed by atoms with Gasteiger partial charge in [0.15, 0.2) is 23.0 Å². The summed E-state index contributed by atoms with van der Waals surface area (Å²) in [6.45, 7) is 0. The molecule has 0 saturated carbocycles. The average molecular weight is 388 g/mol. The Morgan fingerprint density at radius 1 is 1.00 bits per heavy atom.